The molecule has 1 unspecified atom stereocenters. The molecule has 0 amide bonds. The van der Waals surface area contributed by atoms with Crippen molar-refractivity contribution in [3.8, 4) is 5.75 Å². The molecule has 1 aromatic heterocycles. The highest BCUT2D eigenvalue weighted by Crippen LogP contribution is 2.29. The van der Waals surface area contributed by atoms with Crippen molar-refractivity contribution in [2.75, 3.05) is 7.11 Å². The Hall–Kier alpha value is -1.19. The minimum atomic E-state index is 0.0959. The molecule has 1 heterocycles. The smallest absolute Gasteiger partial charge is 0.120 e. The molecule has 2 aromatic rings. The first-order valence-electron chi connectivity index (χ1n) is 5.21. The zero-order valence-electron chi connectivity index (χ0n) is 9.38. The quantitative estimate of drug-likeness (QED) is 0.864. The summed E-state index contributed by atoms with van der Waals surface area (Å²) in [5.41, 5.74) is 7.87. The molecule has 3 N–H and O–H groups in total. The minimum absolute atomic E-state index is 0.0959. The molecular weight excluding hydrogens is 224 g/mol. The van der Waals surface area contributed by atoms with Crippen molar-refractivity contribution in [2.24, 2.45) is 5.73 Å². The molecule has 0 fully saturated rings. The number of ether oxygens (including phenoxy) is 1. The summed E-state index contributed by atoms with van der Waals surface area (Å²) in [5.74, 6) is 0.817. The van der Waals surface area contributed by atoms with Gasteiger partial charge in [-0.2, -0.15) is 0 Å². The lowest BCUT2D eigenvalue weighted by Crippen LogP contribution is -2.17. The molecule has 0 spiro atoms. The number of aromatic amines is 1. The third-order valence-electron chi connectivity index (χ3n) is 2.59. The molecule has 3 nitrogen and oxygen atoms in total. The highest BCUT2D eigenvalue weighted by Gasteiger charge is 2.11. The number of benzene rings is 1. The number of hydrogen-bond donors (Lipinski definition) is 2. The largest absolute Gasteiger partial charge is 0.497 e. The van der Waals surface area contributed by atoms with E-state index in [0.29, 0.717) is 5.15 Å². The Morgan fingerprint density at radius 1 is 1.50 bits per heavy atom. The van der Waals surface area contributed by atoms with Gasteiger partial charge in [0, 0.05) is 17.5 Å². The van der Waals surface area contributed by atoms with Gasteiger partial charge in [0.1, 0.15) is 10.9 Å². The predicted molar refractivity (Wildman–Crippen MR) is 67.2 cm³/mol. The molecule has 1 aromatic carbocycles. The third kappa shape index (κ3) is 2.01. The van der Waals surface area contributed by atoms with Gasteiger partial charge in [0.25, 0.3) is 0 Å². The van der Waals surface area contributed by atoms with Crippen molar-refractivity contribution in [2.45, 2.75) is 19.4 Å². The average molecular weight is 239 g/mol. The second-order valence-corrected chi connectivity index (χ2v) is 4.39. The van der Waals surface area contributed by atoms with Crippen LogP contribution in [0.1, 0.15) is 12.5 Å². The van der Waals surface area contributed by atoms with Gasteiger partial charge in [-0.05, 0) is 31.0 Å². The summed E-state index contributed by atoms with van der Waals surface area (Å²) in [6, 6.07) is 5.97. The van der Waals surface area contributed by atoms with Crippen LogP contribution in [0.2, 0.25) is 5.15 Å². The Morgan fingerprint density at radius 2 is 2.25 bits per heavy atom. The topological polar surface area (TPSA) is 51.0 Å². The van der Waals surface area contributed by atoms with Crippen molar-refractivity contribution in [3.05, 3.63) is 28.9 Å². The first kappa shape index (κ1) is 11.3. The van der Waals surface area contributed by atoms with Crippen molar-refractivity contribution >= 4 is 22.5 Å². The summed E-state index contributed by atoms with van der Waals surface area (Å²) in [5, 5.41) is 1.78. The van der Waals surface area contributed by atoms with Gasteiger partial charge in [-0.25, -0.2) is 0 Å². The molecule has 86 valence electrons. The van der Waals surface area contributed by atoms with Crippen LogP contribution in [-0.2, 0) is 6.42 Å². The van der Waals surface area contributed by atoms with Crippen molar-refractivity contribution in [3.63, 3.8) is 0 Å². The summed E-state index contributed by atoms with van der Waals surface area (Å²) in [4.78, 5) is 3.14. The van der Waals surface area contributed by atoms with E-state index >= 15 is 0 Å². The van der Waals surface area contributed by atoms with Crippen LogP contribution >= 0.6 is 11.6 Å². The first-order chi connectivity index (χ1) is 7.61. The summed E-state index contributed by atoms with van der Waals surface area (Å²) in [6.45, 7) is 1.97. The highest BCUT2D eigenvalue weighted by molar-refractivity contribution is 6.31. The van der Waals surface area contributed by atoms with Gasteiger partial charge in [-0.1, -0.05) is 11.6 Å². The lowest BCUT2D eigenvalue weighted by atomic mass is 10.1. The fourth-order valence-electron chi connectivity index (χ4n) is 1.85. The van der Waals surface area contributed by atoms with Gasteiger partial charge in [0.2, 0.25) is 0 Å². The van der Waals surface area contributed by atoms with Crippen LogP contribution in [0.3, 0.4) is 0 Å². The van der Waals surface area contributed by atoms with E-state index in [1.54, 1.807) is 7.11 Å². The summed E-state index contributed by atoms with van der Waals surface area (Å²) in [6.07, 6.45) is 0.769. The molecule has 2 rings (SSSR count). The highest BCUT2D eigenvalue weighted by atomic mass is 35.5. The van der Waals surface area contributed by atoms with Crippen LogP contribution in [0.15, 0.2) is 18.2 Å². The van der Waals surface area contributed by atoms with Crippen LogP contribution in [0, 0.1) is 0 Å². The van der Waals surface area contributed by atoms with Crippen LogP contribution in [0.5, 0.6) is 5.75 Å². The van der Waals surface area contributed by atoms with Gasteiger partial charge in [0.15, 0.2) is 0 Å². The van der Waals surface area contributed by atoms with Crippen LogP contribution in [0.25, 0.3) is 10.9 Å². The Bertz CT molecular complexity index is 505. The van der Waals surface area contributed by atoms with E-state index in [9.17, 15) is 0 Å². The predicted octanol–water partition coefficient (Wildman–Crippen LogP) is 2.72. The van der Waals surface area contributed by atoms with E-state index in [0.717, 1.165) is 28.6 Å². The summed E-state index contributed by atoms with van der Waals surface area (Å²) >= 11 is 6.16. The van der Waals surface area contributed by atoms with E-state index in [1.807, 2.05) is 25.1 Å². The molecule has 0 saturated heterocycles. The second-order valence-electron chi connectivity index (χ2n) is 4.01. The Balaban J connectivity index is 2.53. The van der Waals surface area contributed by atoms with Crippen LogP contribution < -0.4 is 10.5 Å². The van der Waals surface area contributed by atoms with Gasteiger partial charge >= 0.3 is 0 Å². The van der Waals surface area contributed by atoms with Crippen LogP contribution in [0.4, 0.5) is 0 Å². The monoisotopic (exact) mass is 238 g/mol. The van der Waals surface area contributed by atoms with Gasteiger partial charge < -0.3 is 15.5 Å². The summed E-state index contributed by atoms with van der Waals surface area (Å²) in [7, 11) is 1.65. The van der Waals surface area contributed by atoms with Crippen LogP contribution in [-0.4, -0.2) is 18.1 Å². The fourth-order valence-corrected chi connectivity index (χ4v) is 2.13. The van der Waals surface area contributed by atoms with E-state index in [2.05, 4.69) is 4.98 Å². The molecule has 0 radical (unpaired) electrons. The second kappa shape index (κ2) is 4.36. The van der Waals surface area contributed by atoms with Crippen molar-refractivity contribution < 1.29 is 4.74 Å². The molecule has 0 aliphatic rings. The third-order valence-corrected chi connectivity index (χ3v) is 2.91. The molecule has 0 aliphatic carbocycles. The van der Waals surface area contributed by atoms with Gasteiger partial charge in [-0.15, -0.1) is 0 Å². The zero-order chi connectivity index (χ0) is 11.7. The number of nitrogens with one attached hydrogen (secondary N) is 1. The van der Waals surface area contributed by atoms with E-state index in [1.165, 1.54) is 0 Å². The number of halogens is 1. The zero-order valence-corrected chi connectivity index (χ0v) is 10.1. The first-order valence-corrected chi connectivity index (χ1v) is 5.59. The van der Waals surface area contributed by atoms with Crippen molar-refractivity contribution in [1.29, 1.82) is 0 Å². The normalized spacial score (nSPS) is 13.0. The number of methoxy groups -OCH3 is 1. The molecule has 0 bridgehead atoms. The average Bonchev–Trinajstić information content (AvgIpc) is 2.54. The molecular formula is C12H15ClN2O. The Kier molecular flexibility index (Phi) is 3.08. The molecule has 0 saturated carbocycles. The lowest BCUT2D eigenvalue weighted by Gasteiger charge is -2.04. The molecule has 4 heteroatoms. The van der Waals surface area contributed by atoms with Crippen molar-refractivity contribution in [1.82, 2.24) is 4.98 Å². The maximum Gasteiger partial charge on any atom is 0.120 e. The SMILES string of the molecule is COc1ccc2c(CC(C)N)c(Cl)[nH]c2c1. The number of hydrogen-bond acceptors (Lipinski definition) is 2. The molecule has 1 atom stereocenters. The fraction of sp³-hybridized carbons (Fsp3) is 0.333. The minimum Gasteiger partial charge on any atom is -0.497 e. The number of rotatable bonds is 3. The molecule has 16 heavy (non-hydrogen) atoms. The van der Waals surface area contributed by atoms with E-state index < -0.39 is 0 Å². The van der Waals surface area contributed by atoms with E-state index in [-0.39, 0.29) is 6.04 Å². The number of aromatic nitrogens is 1. The van der Waals surface area contributed by atoms with Gasteiger partial charge in [-0.3, -0.25) is 0 Å². The molecule has 0 aliphatic heterocycles. The maximum absolute atomic E-state index is 6.16. The Labute approximate surface area is 99.5 Å². The van der Waals surface area contributed by atoms with E-state index in [4.69, 9.17) is 22.1 Å². The standard InChI is InChI=1S/C12H15ClN2O/c1-7(14)5-10-9-4-3-8(16-2)6-11(9)15-12(10)13/h3-4,6-7,15H,5,14H2,1-2H3. The number of nitrogens with two attached hydrogens (primary N) is 1. The number of fused-ring (bicyclic) bond motifs is 1. The van der Waals surface area contributed by atoms with Gasteiger partial charge in [0.05, 0.1) is 12.6 Å². The summed E-state index contributed by atoms with van der Waals surface area (Å²) < 4.78 is 5.16. The maximum atomic E-state index is 6.16. The number of H-pyrrole nitrogens is 1. The Morgan fingerprint density at radius 3 is 2.88 bits per heavy atom. The lowest BCUT2D eigenvalue weighted by molar-refractivity contribution is 0.415.